The minimum atomic E-state index is 0.299. The van der Waals surface area contributed by atoms with Gasteiger partial charge in [-0.15, -0.1) is 0 Å². The molecule has 1 aliphatic carbocycles. The third-order valence-electron chi connectivity index (χ3n) is 4.48. The number of nitrogens with zero attached hydrogens (tertiary/aromatic N) is 3. The van der Waals surface area contributed by atoms with Crippen molar-refractivity contribution in [2.45, 2.75) is 51.2 Å². The molecule has 1 fully saturated rings. The first-order valence-corrected chi connectivity index (χ1v) is 9.35. The predicted octanol–water partition coefficient (Wildman–Crippen LogP) is 2.84. The number of aliphatic imine (C=N–C) groups is 1. The van der Waals surface area contributed by atoms with Crippen molar-refractivity contribution in [1.82, 2.24) is 15.3 Å². The number of ether oxygens (including phenoxy) is 1. The molecule has 0 radical (unpaired) electrons. The number of aromatic nitrogens is 2. The Labute approximate surface area is 154 Å². The van der Waals surface area contributed by atoms with Gasteiger partial charge in [-0.25, -0.2) is 9.98 Å². The van der Waals surface area contributed by atoms with E-state index in [1.165, 1.54) is 19.3 Å². The molecule has 26 heavy (non-hydrogen) atoms. The molecule has 138 valence electrons. The van der Waals surface area contributed by atoms with Crippen LogP contribution in [0.4, 0.5) is 0 Å². The average molecular weight is 353 g/mol. The van der Waals surface area contributed by atoms with Gasteiger partial charge in [-0.3, -0.25) is 4.98 Å². The van der Waals surface area contributed by atoms with Gasteiger partial charge in [-0.05, 0) is 49.4 Å². The molecule has 0 amide bonds. The standard InChI is InChI=1S/C20H27N5O/c21-20(24-13-10-17-6-4-5-11-22-17)25-15-16-9-12-23-19(14-16)26-18-7-2-1-3-8-18/h4-6,9,11-12,14,18H,1-3,7-8,10,13,15H2,(H3,21,24,25). The van der Waals surface area contributed by atoms with E-state index in [4.69, 9.17) is 10.5 Å². The van der Waals surface area contributed by atoms with E-state index < -0.39 is 0 Å². The largest absolute Gasteiger partial charge is 0.474 e. The molecule has 3 N–H and O–H groups in total. The Hall–Kier alpha value is -2.63. The molecule has 6 heteroatoms. The van der Waals surface area contributed by atoms with E-state index in [1.54, 1.807) is 12.4 Å². The fourth-order valence-corrected chi connectivity index (χ4v) is 3.06. The Morgan fingerprint density at radius 2 is 2.04 bits per heavy atom. The Bertz CT molecular complexity index is 698. The van der Waals surface area contributed by atoms with E-state index in [-0.39, 0.29) is 0 Å². The van der Waals surface area contributed by atoms with Crippen molar-refractivity contribution in [2.24, 2.45) is 10.7 Å². The zero-order valence-electron chi connectivity index (χ0n) is 15.1. The first-order valence-electron chi connectivity index (χ1n) is 9.35. The van der Waals surface area contributed by atoms with Crippen molar-refractivity contribution in [3.63, 3.8) is 0 Å². The van der Waals surface area contributed by atoms with Gasteiger partial charge >= 0.3 is 0 Å². The minimum Gasteiger partial charge on any atom is -0.474 e. The highest BCUT2D eigenvalue weighted by Crippen LogP contribution is 2.22. The molecule has 0 bridgehead atoms. The number of pyridine rings is 2. The Kier molecular flexibility index (Phi) is 6.81. The number of hydrogen-bond donors (Lipinski definition) is 2. The molecule has 0 aromatic carbocycles. The first kappa shape index (κ1) is 18.2. The van der Waals surface area contributed by atoms with Crippen LogP contribution in [0.2, 0.25) is 0 Å². The van der Waals surface area contributed by atoms with Crippen LogP contribution in [-0.2, 0) is 13.0 Å². The topological polar surface area (TPSA) is 85.4 Å². The van der Waals surface area contributed by atoms with E-state index >= 15 is 0 Å². The number of guanidine groups is 1. The maximum atomic E-state index is 6.00. The van der Waals surface area contributed by atoms with Gasteiger partial charge in [0.1, 0.15) is 6.10 Å². The second-order valence-corrected chi connectivity index (χ2v) is 6.58. The molecule has 1 aliphatic rings. The monoisotopic (exact) mass is 353 g/mol. The van der Waals surface area contributed by atoms with Crippen LogP contribution in [0, 0.1) is 0 Å². The summed E-state index contributed by atoms with van der Waals surface area (Å²) < 4.78 is 6.00. The second-order valence-electron chi connectivity index (χ2n) is 6.58. The van der Waals surface area contributed by atoms with Gasteiger partial charge in [-0.2, -0.15) is 0 Å². The summed E-state index contributed by atoms with van der Waals surface area (Å²) in [5, 5.41) is 3.12. The third-order valence-corrected chi connectivity index (χ3v) is 4.48. The summed E-state index contributed by atoms with van der Waals surface area (Å²) in [4.78, 5) is 13.0. The number of nitrogens with two attached hydrogens (primary N) is 1. The number of rotatable bonds is 7. The van der Waals surface area contributed by atoms with Crippen molar-refractivity contribution >= 4 is 5.96 Å². The minimum absolute atomic E-state index is 0.299. The Balaban J connectivity index is 1.45. The lowest BCUT2D eigenvalue weighted by molar-refractivity contribution is 0.148. The van der Waals surface area contributed by atoms with Crippen LogP contribution in [0.1, 0.15) is 43.4 Å². The lowest BCUT2D eigenvalue weighted by Crippen LogP contribution is -2.33. The molecule has 0 atom stereocenters. The van der Waals surface area contributed by atoms with Crippen LogP contribution in [0.5, 0.6) is 5.88 Å². The lowest BCUT2D eigenvalue weighted by atomic mass is 9.98. The Morgan fingerprint density at radius 3 is 2.85 bits per heavy atom. The SMILES string of the molecule is NC(=NCc1ccnc(OC2CCCCC2)c1)NCCc1ccccn1. The molecule has 2 aromatic heterocycles. The number of hydrogen-bond acceptors (Lipinski definition) is 4. The molecule has 2 aromatic rings. The zero-order chi connectivity index (χ0) is 18.0. The quantitative estimate of drug-likeness (QED) is 0.590. The van der Waals surface area contributed by atoms with Gasteiger partial charge in [-0.1, -0.05) is 12.5 Å². The van der Waals surface area contributed by atoms with E-state index in [0.29, 0.717) is 31.0 Å². The van der Waals surface area contributed by atoms with Crippen LogP contribution in [0.3, 0.4) is 0 Å². The van der Waals surface area contributed by atoms with Crippen molar-refractivity contribution in [2.75, 3.05) is 6.54 Å². The smallest absolute Gasteiger partial charge is 0.213 e. The number of nitrogens with one attached hydrogen (secondary N) is 1. The predicted molar refractivity (Wildman–Crippen MR) is 103 cm³/mol. The normalized spacial score (nSPS) is 15.6. The van der Waals surface area contributed by atoms with Gasteiger partial charge in [0, 0.05) is 37.1 Å². The van der Waals surface area contributed by atoms with Crippen LogP contribution in [0.25, 0.3) is 0 Å². The maximum Gasteiger partial charge on any atom is 0.213 e. The fraction of sp³-hybridized carbons (Fsp3) is 0.450. The van der Waals surface area contributed by atoms with Crippen molar-refractivity contribution in [1.29, 1.82) is 0 Å². The molecule has 0 spiro atoms. The molecule has 1 saturated carbocycles. The summed E-state index contributed by atoms with van der Waals surface area (Å²) in [6.45, 7) is 1.21. The van der Waals surface area contributed by atoms with Crippen LogP contribution >= 0.6 is 0 Å². The summed E-state index contributed by atoms with van der Waals surface area (Å²) in [7, 11) is 0. The van der Waals surface area contributed by atoms with E-state index in [1.807, 2.05) is 30.3 Å². The highest BCUT2D eigenvalue weighted by atomic mass is 16.5. The van der Waals surface area contributed by atoms with E-state index in [0.717, 1.165) is 30.5 Å². The average Bonchev–Trinajstić information content (AvgIpc) is 2.68. The summed E-state index contributed by atoms with van der Waals surface area (Å²) in [5.74, 6) is 1.12. The molecule has 3 rings (SSSR count). The van der Waals surface area contributed by atoms with Crippen LogP contribution in [-0.4, -0.2) is 28.6 Å². The summed E-state index contributed by atoms with van der Waals surface area (Å²) in [6.07, 6.45) is 10.7. The van der Waals surface area contributed by atoms with E-state index in [2.05, 4.69) is 20.3 Å². The lowest BCUT2D eigenvalue weighted by Gasteiger charge is -2.22. The van der Waals surface area contributed by atoms with Crippen molar-refractivity contribution in [3.05, 3.63) is 54.0 Å². The maximum absolute atomic E-state index is 6.00. The molecule has 6 nitrogen and oxygen atoms in total. The third kappa shape index (κ3) is 6.02. The Morgan fingerprint density at radius 1 is 1.15 bits per heavy atom. The van der Waals surface area contributed by atoms with Crippen LogP contribution in [0.15, 0.2) is 47.7 Å². The van der Waals surface area contributed by atoms with Gasteiger partial charge < -0.3 is 15.8 Å². The van der Waals surface area contributed by atoms with Gasteiger partial charge in [0.15, 0.2) is 5.96 Å². The molecule has 2 heterocycles. The second kappa shape index (κ2) is 9.75. The van der Waals surface area contributed by atoms with Gasteiger partial charge in [0.05, 0.1) is 6.54 Å². The summed E-state index contributed by atoms with van der Waals surface area (Å²) >= 11 is 0. The highest BCUT2D eigenvalue weighted by Gasteiger charge is 2.15. The zero-order valence-corrected chi connectivity index (χ0v) is 15.1. The molecule has 0 unspecified atom stereocenters. The summed E-state index contributed by atoms with van der Waals surface area (Å²) in [5.41, 5.74) is 8.02. The van der Waals surface area contributed by atoms with Crippen molar-refractivity contribution < 1.29 is 4.74 Å². The molecule has 0 aliphatic heterocycles. The van der Waals surface area contributed by atoms with Crippen molar-refractivity contribution in [3.8, 4) is 5.88 Å². The van der Waals surface area contributed by atoms with E-state index in [9.17, 15) is 0 Å². The fourth-order valence-electron chi connectivity index (χ4n) is 3.06. The van der Waals surface area contributed by atoms with Crippen LogP contribution < -0.4 is 15.8 Å². The van der Waals surface area contributed by atoms with Gasteiger partial charge in [0.25, 0.3) is 0 Å². The highest BCUT2D eigenvalue weighted by molar-refractivity contribution is 5.77. The van der Waals surface area contributed by atoms with Gasteiger partial charge in [0.2, 0.25) is 5.88 Å². The molecule has 0 saturated heterocycles. The molecular formula is C20H27N5O. The molecular weight excluding hydrogens is 326 g/mol. The first-order chi connectivity index (χ1) is 12.8. The summed E-state index contributed by atoms with van der Waals surface area (Å²) in [6, 6.07) is 9.79.